The van der Waals surface area contributed by atoms with E-state index in [0.29, 0.717) is 6.61 Å². The highest BCUT2D eigenvalue weighted by Crippen LogP contribution is 2.83. The number of hydrogen-bond acceptors (Lipinski definition) is 7. The van der Waals surface area contributed by atoms with Gasteiger partial charge in [-0.1, -0.05) is 13.8 Å². The fraction of sp³-hybridized carbons (Fsp3) is 0.870. The molecule has 2 saturated carbocycles. The van der Waals surface area contributed by atoms with Crippen LogP contribution < -0.4 is 0 Å². The fourth-order valence-corrected chi connectivity index (χ4v) is 8.17. The molecule has 7 nitrogen and oxygen atoms in total. The van der Waals surface area contributed by atoms with Gasteiger partial charge in [0.1, 0.15) is 36.1 Å². The van der Waals surface area contributed by atoms with Gasteiger partial charge in [-0.2, -0.15) is 0 Å². The van der Waals surface area contributed by atoms with Crippen LogP contribution in [0.5, 0.6) is 0 Å². The Morgan fingerprint density at radius 3 is 2.73 bits per heavy atom. The van der Waals surface area contributed by atoms with Crippen LogP contribution in [-0.4, -0.2) is 71.6 Å². The molecule has 7 heteroatoms. The van der Waals surface area contributed by atoms with Gasteiger partial charge < -0.3 is 28.8 Å². The topological polar surface area (TPSA) is 93.3 Å². The maximum atomic E-state index is 12.2. The predicted molar refractivity (Wildman–Crippen MR) is 103 cm³/mol. The van der Waals surface area contributed by atoms with Crippen LogP contribution in [0, 0.1) is 17.3 Å². The van der Waals surface area contributed by atoms with Crippen molar-refractivity contribution in [3.05, 3.63) is 11.1 Å². The van der Waals surface area contributed by atoms with Crippen LogP contribution >= 0.6 is 0 Å². The number of esters is 1. The van der Waals surface area contributed by atoms with Gasteiger partial charge in [-0.25, -0.2) is 4.79 Å². The van der Waals surface area contributed by atoms with Gasteiger partial charge in [0.15, 0.2) is 5.60 Å². The summed E-state index contributed by atoms with van der Waals surface area (Å²) in [7, 11) is 0. The number of carbonyl (C=O) groups is 1. The molecule has 0 aromatic rings. The van der Waals surface area contributed by atoms with E-state index in [1.807, 2.05) is 20.8 Å². The second-order valence-corrected chi connectivity index (χ2v) is 11.0. The molecule has 30 heavy (non-hydrogen) atoms. The summed E-state index contributed by atoms with van der Waals surface area (Å²) in [5, 5.41) is 10.0. The SMILES string of the molecule is CC(C)OC1C2(C(C)CO)OC2C2OC23C2(C)CCC4=C(COC4=O)C2CC2OC213. The largest absolute Gasteiger partial charge is 0.458 e. The quantitative estimate of drug-likeness (QED) is 0.546. The summed E-state index contributed by atoms with van der Waals surface area (Å²) in [4.78, 5) is 12.2. The van der Waals surface area contributed by atoms with Gasteiger partial charge >= 0.3 is 5.97 Å². The van der Waals surface area contributed by atoms with E-state index < -0.39 is 16.8 Å². The lowest BCUT2D eigenvalue weighted by Crippen LogP contribution is -2.70. The Morgan fingerprint density at radius 2 is 2.00 bits per heavy atom. The Labute approximate surface area is 176 Å². The van der Waals surface area contributed by atoms with Gasteiger partial charge in [0.25, 0.3) is 0 Å². The van der Waals surface area contributed by atoms with Gasteiger partial charge in [-0.05, 0) is 44.6 Å². The molecule has 0 bridgehead atoms. The summed E-state index contributed by atoms with van der Waals surface area (Å²) >= 11 is 0. The van der Waals surface area contributed by atoms with Gasteiger partial charge in [0.2, 0.25) is 0 Å². The molecule has 4 aliphatic heterocycles. The lowest BCUT2D eigenvalue weighted by Gasteiger charge is -2.54. The lowest BCUT2D eigenvalue weighted by atomic mass is 9.46. The van der Waals surface area contributed by atoms with Crippen molar-refractivity contribution in [2.75, 3.05) is 13.2 Å². The molecule has 0 aromatic carbocycles. The molecule has 2 spiro atoms. The minimum absolute atomic E-state index is 0.0137. The zero-order chi connectivity index (χ0) is 20.8. The van der Waals surface area contributed by atoms with Crippen LogP contribution in [0.25, 0.3) is 0 Å². The highest BCUT2D eigenvalue weighted by molar-refractivity contribution is 5.92. The van der Waals surface area contributed by atoms with Crippen molar-refractivity contribution in [3.63, 3.8) is 0 Å². The van der Waals surface area contributed by atoms with Crippen molar-refractivity contribution < 1.29 is 33.6 Å². The molecule has 1 N–H and O–H groups in total. The number of ether oxygens (including phenoxy) is 5. The molecule has 7 aliphatic rings. The van der Waals surface area contributed by atoms with Crippen molar-refractivity contribution in [1.29, 1.82) is 0 Å². The van der Waals surface area contributed by atoms with Crippen LogP contribution in [0.15, 0.2) is 11.1 Å². The average molecular weight is 418 g/mol. The Balaban J connectivity index is 1.36. The number of fused-ring (bicyclic) bond motifs is 4. The first kappa shape index (κ1) is 18.6. The van der Waals surface area contributed by atoms with Gasteiger partial charge in [0.05, 0.1) is 12.2 Å². The first-order valence-electron chi connectivity index (χ1n) is 11.5. The van der Waals surface area contributed by atoms with Crippen molar-refractivity contribution in [2.24, 2.45) is 17.3 Å². The molecule has 7 rings (SSSR count). The Kier molecular flexibility index (Phi) is 3.19. The Morgan fingerprint density at radius 1 is 1.20 bits per heavy atom. The number of aliphatic hydroxyl groups excluding tert-OH is 1. The molecule has 0 aromatic heterocycles. The minimum atomic E-state index is -0.548. The fourth-order valence-electron chi connectivity index (χ4n) is 8.17. The molecule has 10 unspecified atom stereocenters. The van der Waals surface area contributed by atoms with Crippen molar-refractivity contribution in [2.45, 2.75) is 94.3 Å². The third-order valence-electron chi connectivity index (χ3n) is 9.62. The van der Waals surface area contributed by atoms with Crippen LogP contribution in [0.1, 0.15) is 47.0 Å². The number of rotatable bonds is 4. The molecule has 0 amide bonds. The summed E-state index contributed by atoms with van der Waals surface area (Å²) in [5.74, 6) is 0.0246. The average Bonchev–Trinajstić information content (AvgIpc) is 3.60. The van der Waals surface area contributed by atoms with Gasteiger partial charge in [-0.3, -0.25) is 0 Å². The number of carbonyl (C=O) groups excluding carboxylic acids is 1. The number of hydrogen-bond donors (Lipinski definition) is 1. The third-order valence-corrected chi connectivity index (χ3v) is 9.62. The summed E-state index contributed by atoms with van der Waals surface area (Å²) < 4.78 is 31.7. The molecule has 5 fully saturated rings. The van der Waals surface area contributed by atoms with E-state index in [-0.39, 0.29) is 60.3 Å². The Hall–Kier alpha value is -0.990. The zero-order valence-electron chi connectivity index (χ0n) is 18.0. The van der Waals surface area contributed by atoms with E-state index in [1.165, 1.54) is 5.57 Å². The maximum absolute atomic E-state index is 12.2. The first-order valence-corrected chi connectivity index (χ1v) is 11.5. The van der Waals surface area contributed by atoms with Crippen LogP contribution in [-0.2, 0) is 28.5 Å². The number of aliphatic hydroxyl groups is 1. The van der Waals surface area contributed by atoms with Crippen LogP contribution in [0.2, 0.25) is 0 Å². The van der Waals surface area contributed by atoms with E-state index in [4.69, 9.17) is 23.7 Å². The summed E-state index contributed by atoms with van der Waals surface area (Å²) in [6.07, 6.45) is 2.11. The van der Waals surface area contributed by atoms with Crippen molar-refractivity contribution >= 4 is 5.97 Å². The maximum Gasteiger partial charge on any atom is 0.334 e. The summed E-state index contributed by atoms with van der Waals surface area (Å²) in [6, 6.07) is 0. The van der Waals surface area contributed by atoms with E-state index in [0.717, 1.165) is 24.8 Å². The van der Waals surface area contributed by atoms with Crippen molar-refractivity contribution in [3.8, 4) is 0 Å². The van der Waals surface area contributed by atoms with E-state index >= 15 is 0 Å². The first-order chi connectivity index (χ1) is 14.3. The van der Waals surface area contributed by atoms with E-state index in [9.17, 15) is 9.90 Å². The highest BCUT2D eigenvalue weighted by Gasteiger charge is 3.01. The highest BCUT2D eigenvalue weighted by atomic mass is 16.8. The lowest BCUT2D eigenvalue weighted by molar-refractivity contribution is -0.145. The van der Waals surface area contributed by atoms with E-state index in [1.54, 1.807) is 0 Å². The van der Waals surface area contributed by atoms with E-state index in [2.05, 4.69) is 6.92 Å². The zero-order valence-corrected chi connectivity index (χ0v) is 18.0. The van der Waals surface area contributed by atoms with Crippen LogP contribution in [0.4, 0.5) is 0 Å². The number of cyclic esters (lactones) is 1. The monoisotopic (exact) mass is 418 g/mol. The molecule has 164 valence electrons. The van der Waals surface area contributed by atoms with Crippen LogP contribution in [0.3, 0.4) is 0 Å². The molecular formula is C23H30O7. The van der Waals surface area contributed by atoms with Gasteiger partial charge in [-0.15, -0.1) is 0 Å². The minimum Gasteiger partial charge on any atom is -0.458 e. The Bertz CT molecular complexity index is 898. The standard InChI is InChI=1S/C23H30O7/c1-10(2)27-19-21(11(3)8-24)16(29-21)17-23(30-17)20(4)6-5-12-13(9-26-18(12)25)14(20)7-15-22(19,23)28-15/h10-11,14-17,19,24H,5-9H2,1-4H3. The molecule has 3 saturated heterocycles. The predicted octanol–water partition coefficient (Wildman–Crippen LogP) is 1.51. The molecule has 10 atom stereocenters. The second-order valence-electron chi connectivity index (χ2n) is 11.0. The molecule has 4 heterocycles. The smallest absolute Gasteiger partial charge is 0.334 e. The second kappa shape index (κ2) is 5.15. The number of epoxide rings is 3. The molecule has 0 radical (unpaired) electrons. The molecule has 3 aliphatic carbocycles. The van der Waals surface area contributed by atoms with Gasteiger partial charge in [0, 0.05) is 23.5 Å². The van der Waals surface area contributed by atoms with Crippen molar-refractivity contribution in [1.82, 2.24) is 0 Å². The normalized spacial score (nSPS) is 57.4. The summed E-state index contributed by atoms with van der Waals surface area (Å²) in [6.45, 7) is 8.90. The summed E-state index contributed by atoms with van der Waals surface area (Å²) in [5.41, 5.74) is 0.350. The third kappa shape index (κ3) is 1.66. The molecular weight excluding hydrogens is 388 g/mol.